The number of nitrogens with two attached hydrogens (primary N) is 1. The van der Waals surface area contributed by atoms with E-state index in [4.69, 9.17) is 5.73 Å². The second kappa shape index (κ2) is 7.31. The number of hydrogen-bond acceptors (Lipinski definition) is 4. The van der Waals surface area contributed by atoms with Crippen molar-refractivity contribution in [3.8, 4) is 0 Å². The van der Waals surface area contributed by atoms with Gasteiger partial charge >= 0.3 is 0 Å². The molecule has 1 fully saturated rings. The van der Waals surface area contributed by atoms with Crippen LogP contribution in [0.3, 0.4) is 0 Å². The molecule has 0 aromatic carbocycles. The minimum absolute atomic E-state index is 0. The van der Waals surface area contributed by atoms with E-state index in [1.807, 2.05) is 0 Å². The van der Waals surface area contributed by atoms with Crippen LogP contribution in [0.25, 0.3) is 0 Å². The lowest BCUT2D eigenvalue weighted by molar-refractivity contribution is -0.132. The number of amides is 1. The van der Waals surface area contributed by atoms with Crippen LogP contribution in [0.4, 0.5) is 0 Å². The highest BCUT2D eigenvalue weighted by Gasteiger charge is 2.36. The molecule has 5 nitrogen and oxygen atoms in total. The van der Waals surface area contributed by atoms with Crippen molar-refractivity contribution < 1.29 is 13.2 Å². The molecule has 0 aromatic rings. The van der Waals surface area contributed by atoms with Crippen LogP contribution >= 0.6 is 12.4 Å². The number of nitrogens with zero attached hydrogens (tertiary/aromatic N) is 1. The first kappa shape index (κ1) is 17.7. The van der Waals surface area contributed by atoms with E-state index in [2.05, 4.69) is 0 Å². The summed E-state index contributed by atoms with van der Waals surface area (Å²) in [7, 11) is -1.41. The molecule has 2 N–H and O–H groups in total. The summed E-state index contributed by atoms with van der Waals surface area (Å²) < 4.78 is 23.4. The molecule has 2 unspecified atom stereocenters. The zero-order chi connectivity index (χ0) is 13.1. The molecule has 1 aliphatic carbocycles. The van der Waals surface area contributed by atoms with Gasteiger partial charge in [0, 0.05) is 32.3 Å². The first-order valence-corrected chi connectivity index (χ1v) is 7.98. The molecule has 1 amide bonds. The van der Waals surface area contributed by atoms with E-state index in [1.54, 1.807) is 11.9 Å². The van der Waals surface area contributed by atoms with Crippen molar-refractivity contribution in [2.45, 2.75) is 43.4 Å². The Bertz CT molecular complexity index is 372. The topological polar surface area (TPSA) is 80.5 Å². The van der Waals surface area contributed by atoms with Gasteiger partial charge in [-0.2, -0.15) is 0 Å². The van der Waals surface area contributed by atoms with E-state index in [-0.39, 0.29) is 30.8 Å². The molecule has 1 saturated carbocycles. The van der Waals surface area contributed by atoms with Crippen molar-refractivity contribution in [1.29, 1.82) is 0 Å². The van der Waals surface area contributed by atoms with Crippen LogP contribution in [0.2, 0.25) is 0 Å². The quantitative estimate of drug-likeness (QED) is 0.823. The van der Waals surface area contributed by atoms with E-state index < -0.39 is 15.1 Å². The lowest BCUT2D eigenvalue weighted by Gasteiger charge is -2.37. The highest BCUT2D eigenvalue weighted by molar-refractivity contribution is 7.91. The Balaban J connectivity index is 0.00000289. The van der Waals surface area contributed by atoms with E-state index >= 15 is 0 Å². The molecule has 0 spiro atoms. The SMILES string of the molecule is CN(C(=O)CCN)C1CCCCC1S(C)(=O)=O.Cl. The molecule has 2 atom stereocenters. The highest BCUT2D eigenvalue weighted by atomic mass is 35.5. The Labute approximate surface area is 115 Å². The monoisotopic (exact) mass is 298 g/mol. The standard InChI is InChI=1S/C11H22N2O3S.ClH/c1-13(11(14)7-8-12)9-5-3-4-6-10(9)17(2,15)16;/h9-10H,3-8,12H2,1-2H3;1H. The molecule has 0 bridgehead atoms. The molecular formula is C11H23ClN2O3S. The first-order valence-electron chi connectivity index (χ1n) is 6.02. The Morgan fingerprint density at radius 1 is 1.33 bits per heavy atom. The van der Waals surface area contributed by atoms with Crippen LogP contribution in [-0.4, -0.2) is 50.4 Å². The maximum atomic E-state index is 11.8. The summed E-state index contributed by atoms with van der Waals surface area (Å²) in [5.41, 5.74) is 5.35. The van der Waals surface area contributed by atoms with E-state index in [0.29, 0.717) is 13.0 Å². The van der Waals surface area contributed by atoms with Gasteiger partial charge in [-0.1, -0.05) is 12.8 Å². The van der Waals surface area contributed by atoms with Gasteiger partial charge in [0.25, 0.3) is 0 Å². The fraction of sp³-hybridized carbons (Fsp3) is 0.909. The summed E-state index contributed by atoms with van der Waals surface area (Å²) in [5, 5.41) is -0.414. The molecule has 0 saturated heterocycles. The molecule has 7 heteroatoms. The number of carbonyl (C=O) groups is 1. The summed E-state index contributed by atoms with van der Waals surface area (Å²) in [5.74, 6) is -0.0620. The molecule has 0 radical (unpaired) electrons. The van der Waals surface area contributed by atoms with Crippen LogP contribution in [0.15, 0.2) is 0 Å². The first-order chi connectivity index (χ1) is 7.88. The van der Waals surface area contributed by atoms with Crippen molar-refractivity contribution in [2.75, 3.05) is 19.8 Å². The average Bonchev–Trinajstić information content (AvgIpc) is 2.27. The van der Waals surface area contributed by atoms with Crippen LogP contribution in [0.1, 0.15) is 32.1 Å². The lowest BCUT2D eigenvalue weighted by Crippen LogP contribution is -2.49. The van der Waals surface area contributed by atoms with Gasteiger partial charge in [0.15, 0.2) is 9.84 Å². The van der Waals surface area contributed by atoms with E-state index in [1.165, 1.54) is 6.26 Å². The summed E-state index contributed by atoms with van der Waals surface area (Å²) in [6.45, 7) is 0.305. The lowest BCUT2D eigenvalue weighted by atomic mass is 9.93. The number of carbonyl (C=O) groups excluding carboxylic acids is 1. The molecule has 0 aliphatic heterocycles. The van der Waals surface area contributed by atoms with Gasteiger partial charge in [0.2, 0.25) is 5.91 Å². The molecule has 108 valence electrons. The molecule has 0 heterocycles. The predicted octanol–water partition coefficient (Wildman–Crippen LogP) is 0.571. The maximum absolute atomic E-state index is 11.8. The van der Waals surface area contributed by atoms with Crippen LogP contribution in [0, 0.1) is 0 Å². The second-order valence-electron chi connectivity index (χ2n) is 4.76. The molecule has 0 aromatic heterocycles. The normalized spacial score (nSPS) is 24.2. The largest absolute Gasteiger partial charge is 0.341 e. The molecule has 1 aliphatic rings. The third-order valence-corrected chi connectivity index (χ3v) is 5.12. The average molecular weight is 299 g/mol. The molecule has 1 rings (SSSR count). The number of sulfone groups is 1. The fourth-order valence-corrected chi connectivity index (χ4v) is 3.99. The number of halogens is 1. The third-order valence-electron chi connectivity index (χ3n) is 3.47. The van der Waals surface area contributed by atoms with E-state index in [0.717, 1.165) is 19.3 Å². The summed E-state index contributed by atoms with van der Waals surface area (Å²) in [6.07, 6.45) is 4.87. The second-order valence-corrected chi connectivity index (χ2v) is 7.03. The smallest absolute Gasteiger partial charge is 0.223 e. The third kappa shape index (κ3) is 4.40. The zero-order valence-electron chi connectivity index (χ0n) is 11.0. The highest BCUT2D eigenvalue weighted by Crippen LogP contribution is 2.27. The van der Waals surface area contributed by atoms with Crippen LogP contribution < -0.4 is 5.73 Å². The Kier molecular flexibility index (Phi) is 7.17. The minimum atomic E-state index is -3.09. The maximum Gasteiger partial charge on any atom is 0.223 e. The minimum Gasteiger partial charge on any atom is -0.341 e. The fourth-order valence-electron chi connectivity index (χ4n) is 2.50. The Morgan fingerprint density at radius 2 is 1.89 bits per heavy atom. The number of rotatable bonds is 4. The van der Waals surface area contributed by atoms with Gasteiger partial charge in [0.1, 0.15) is 0 Å². The predicted molar refractivity (Wildman–Crippen MR) is 74.6 cm³/mol. The van der Waals surface area contributed by atoms with Gasteiger partial charge in [-0.3, -0.25) is 4.79 Å². The van der Waals surface area contributed by atoms with Crippen molar-refractivity contribution in [2.24, 2.45) is 5.73 Å². The van der Waals surface area contributed by atoms with Crippen molar-refractivity contribution in [3.63, 3.8) is 0 Å². The summed E-state index contributed by atoms with van der Waals surface area (Å²) >= 11 is 0. The van der Waals surface area contributed by atoms with E-state index in [9.17, 15) is 13.2 Å². The number of hydrogen-bond donors (Lipinski definition) is 1. The van der Waals surface area contributed by atoms with Crippen LogP contribution in [-0.2, 0) is 14.6 Å². The van der Waals surface area contributed by atoms with Gasteiger partial charge in [0.05, 0.1) is 5.25 Å². The van der Waals surface area contributed by atoms with Gasteiger partial charge in [-0.15, -0.1) is 12.4 Å². The van der Waals surface area contributed by atoms with Gasteiger partial charge in [-0.05, 0) is 12.8 Å². The Morgan fingerprint density at radius 3 is 2.39 bits per heavy atom. The zero-order valence-corrected chi connectivity index (χ0v) is 12.6. The van der Waals surface area contributed by atoms with Crippen molar-refractivity contribution in [3.05, 3.63) is 0 Å². The molecular weight excluding hydrogens is 276 g/mol. The summed E-state index contributed by atoms with van der Waals surface area (Å²) in [4.78, 5) is 13.3. The van der Waals surface area contributed by atoms with Crippen molar-refractivity contribution in [1.82, 2.24) is 4.90 Å². The molecule has 18 heavy (non-hydrogen) atoms. The summed E-state index contributed by atoms with van der Waals surface area (Å²) in [6, 6.07) is -0.183. The van der Waals surface area contributed by atoms with Gasteiger partial charge < -0.3 is 10.6 Å². The van der Waals surface area contributed by atoms with Crippen molar-refractivity contribution >= 4 is 28.2 Å². The van der Waals surface area contributed by atoms with Gasteiger partial charge in [-0.25, -0.2) is 8.42 Å². The Hall–Kier alpha value is -0.330. The van der Waals surface area contributed by atoms with Crippen LogP contribution in [0.5, 0.6) is 0 Å².